The molecule has 3 heteroatoms. The number of hydrogen-bond acceptors (Lipinski definition) is 2. The van der Waals surface area contributed by atoms with E-state index >= 15 is 0 Å². The van der Waals surface area contributed by atoms with E-state index in [9.17, 15) is 4.79 Å². The molecule has 0 heterocycles. The first kappa shape index (κ1) is 18.4. The summed E-state index contributed by atoms with van der Waals surface area (Å²) in [6.07, 6.45) is 3.71. The Hall–Kier alpha value is -0.570. The molecule has 0 rings (SSSR count). The lowest BCUT2D eigenvalue weighted by Gasteiger charge is -2.27. The number of carbonyl (C=O) groups excluding carboxylic acids is 1. The lowest BCUT2D eigenvalue weighted by Crippen LogP contribution is -2.36. The van der Waals surface area contributed by atoms with E-state index in [0.29, 0.717) is 30.2 Å². The van der Waals surface area contributed by atoms with Gasteiger partial charge >= 0.3 is 0 Å². The van der Waals surface area contributed by atoms with Crippen molar-refractivity contribution < 1.29 is 4.79 Å². The monoisotopic (exact) mass is 270 g/mol. The van der Waals surface area contributed by atoms with Gasteiger partial charge in [0.15, 0.2) is 0 Å². The summed E-state index contributed by atoms with van der Waals surface area (Å²) >= 11 is 0. The van der Waals surface area contributed by atoms with Crippen LogP contribution in [0.15, 0.2) is 0 Å². The van der Waals surface area contributed by atoms with Crippen LogP contribution in [0.3, 0.4) is 0 Å². The minimum Gasteiger partial charge on any atom is -0.343 e. The number of carbonyl (C=O) groups is 1. The summed E-state index contributed by atoms with van der Waals surface area (Å²) in [4.78, 5) is 14.1. The van der Waals surface area contributed by atoms with Crippen LogP contribution in [0.2, 0.25) is 0 Å². The lowest BCUT2D eigenvalue weighted by atomic mass is 9.88. The second-order valence-electron chi connectivity index (χ2n) is 6.60. The molecule has 0 radical (unpaired) electrons. The lowest BCUT2D eigenvalue weighted by molar-refractivity contribution is -0.132. The number of amides is 1. The zero-order chi connectivity index (χ0) is 15.0. The SMILES string of the molecule is CC(C)CC(C)N(C)C(=O)CCC(CCN)C(C)C. The third kappa shape index (κ3) is 7.56. The summed E-state index contributed by atoms with van der Waals surface area (Å²) in [5.41, 5.74) is 5.64. The summed E-state index contributed by atoms with van der Waals surface area (Å²) in [6.45, 7) is 11.7. The number of hydrogen-bond donors (Lipinski definition) is 1. The zero-order valence-electron chi connectivity index (χ0n) is 13.8. The van der Waals surface area contributed by atoms with E-state index in [1.54, 1.807) is 0 Å². The van der Waals surface area contributed by atoms with E-state index in [2.05, 4.69) is 34.6 Å². The smallest absolute Gasteiger partial charge is 0.222 e. The van der Waals surface area contributed by atoms with Gasteiger partial charge in [-0.05, 0) is 50.5 Å². The second-order valence-corrected chi connectivity index (χ2v) is 6.60. The molecule has 0 fully saturated rings. The molecule has 0 aromatic carbocycles. The van der Waals surface area contributed by atoms with Crippen LogP contribution >= 0.6 is 0 Å². The first-order valence-corrected chi connectivity index (χ1v) is 7.75. The van der Waals surface area contributed by atoms with Gasteiger partial charge in [0.25, 0.3) is 0 Å². The Morgan fingerprint density at radius 3 is 2.11 bits per heavy atom. The molecule has 1 amide bonds. The minimum absolute atomic E-state index is 0.274. The third-order valence-electron chi connectivity index (χ3n) is 4.08. The fourth-order valence-electron chi connectivity index (χ4n) is 2.60. The van der Waals surface area contributed by atoms with Crippen molar-refractivity contribution in [3.63, 3.8) is 0 Å². The van der Waals surface area contributed by atoms with Gasteiger partial charge < -0.3 is 10.6 Å². The Balaban J connectivity index is 4.21. The molecule has 19 heavy (non-hydrogen) atoms. The van der Waals surface area contributed by atoms with Crippen LogP contribution in [0.1, 0.15) is 60.3 Å². The maximum atomic E-state index is 12.2. The van der Waals surface area contributed by atoms with Crippen molar-refractivity contribution >= 4 is 5.91 Å². The zero-order valence-corrected chi connectivity index (χ0v) is 13.8. The van der Waals surface area contributed by atoms with Crippen molar-refractivity contribution in [3.8, 4) is 0 Å². The largest absolute Gasteiger partial charge is 0.343 e. The maximum absolute atomic E-state index is 12.2. The van der Waals surface area contributed by atoms with E-state index in [4.69, 9.17) is 5.73 Å². The van der Waals surface area contributed by atoms with Gasteiger partial charge in [-0.2, -0.15) is 0 Å². The van der Waals surface area contributed by atoms with Crippen molar-refractivity contribution in [1.82, 2.24) is 4.90 Å². The van der Waals surface area contributed by atoms with Gasteiger partial charge in [-0.25, -0.2) is 0 Å². The molecule has 0 saturated carbocycles. The van der Waals surface area contributed by atoms with Gasteiger partial charge in [0, 0.05) is 19.5 Å². The predicted molar refractivity (Wildman–Crippen MR) is 82.9 cm³/mol. The van der Waals surface area contributed by atoms with Crippen LogP contribution in [0.5, 0.6) is 0 Å². The molecule has 0 aliphatic rings. The van der Waals surface area contributed by atoms with Gasteiger partial charge in [-0.1, -0.05) is 27.7 Å². The number of nitrogens with two attached hydrogens (primary N) is 1. The van der Waals surface area contributed by atoms with Gasteiger partial charge in [-0.15, -0.1) is 0 Å². The van der Waals surface area contributed by atoms with Crippen LogP contribution in [0.25, 0.3) is 0 Å². The molecule has 2 atom stereocenters. The molecule has 0 spiro atoms. The van der Waals surface area contributed by atoms with E-state index in [-0.39, 0.29) is 5.91 Å². The molecule has 3 nitrogen and oxygen atoms in total. The number of rotatable bonds is 9. The van der Waals surface area contributed by atoms with E-state index in [1.165, 1.54) is 0 Å². The van der Waals surface area contributed by atoms with E-state index in [1.807, 2.05) is 11.9 Å². The Labute approximate surface area is 119 Å². The Morgan fingerprint density at radius 2 is 1.68 bits per heavy atom. The summed E-state index contributed by atoms with van der Waals surface area (Å²) in [5, 5.41) is 0. The molecule has 0 aliphatic carbocycles. The molecule has 0 aliphatic heterocycles. The quantitative estimate of drug-likeness (QED) is 0.699. The summed E-state index contributed by atoms with van der Waals surface area (Å²) in [6, 6.07) is 0.333. The van der Waals surface area contributed by atoms with Crippen LogP contribution < -0.4 is 5.73 Å². The summed E-state index contributed by atoms with van der Waals surface area (Å²) in [5.74, 6) is 2.08. The summed E-state index contributed by atoms with van der Waals surface area (Å²) < 4.78 is 0. The average Bonchev–Trinajstić information content (AvgIpc) is 2.31. The highest BCUT2D eigenvalue weighted by atomic mass is 16.2. The summed E-state index contributed by atoms with van der Waals surface area (Å²) in [7, 11) is 1.93. The van der Waals surface area contributed by atoms with Gasteiger partial charge in [0.05, 0.1) is 0 Å². The fraction of sp³-hybridized carbons (Fsp3) is 0.938. The number of nitrogens with zero attached hydrogens (tertiary/aromatic N) is 1. The van der Waals surface area contributed by atoms with Gasteiger partial charge in [0.2, 0.25) is 5.91 Å². The molecule has 0 saturated heterocycles. The van der Waals surface area contributed by atoms with Crippen LogP contribution in [0, 0.1) is 17.8 Å². The first-order valence-electron chi connectivity index (χ1n) is 7.75. The second kappa shape index (κ2) is 9.35. The standard InChI is InChI=1S/C16H34N2O/c1-12(2)11-14(5)18(6)16(19)8-7-15(9-10-17)13(3)4/h12-15H,7-11,17H2,1-6H3. The molecule has 0 aromatic heterocycles. The van der Waals surface area contributed by atoms with E-state index < -0.39 is 0 Å². The van der Waals surface area contributed by atoms with E-state index in [0.717, 1.165) is 25.8 Å². The van der Waals surface area contributed by atoms with Crippen molar-refractivity contribution in [3.05, 3.63) is 0 Å². The topological polar surface area (TPSA) is 46.3 Å². The van der Waals surface area contributed by atoms with Crippen molar-refractivity contribution in [2.75, 3.05) is 13.6 Å². The highest BCUT2D eigenvalue weighted by Gasteiger charge is 2.19. The van der Waals surface area contributed by atoms with Gasteiger partial charge in [-0.3, -0.25) is 4.79 Å². The molecule has 0 aromatic rings. The molecular formula is C16H34N2O. The Bertz CT molecular complexity index is 251. The highest BCUT2D eigenvalue weighted by molar-refractivity contribution is 5.76. The van der Waals surface area contributed by atoms with Crippen LogP contribution in [-0.2, 0) is 4.79 Å². The molecular weight excluding hydrogens is 236 g/mol. The van der Waals surface area contributed by atoms with Gasteiger partial charge in [0.1, 0.15) is 0 Å². The van der Waals surface area contributed by atoms with Crippen LogP contribution in [0.4, 0.5) is 0 Å². The van der Waals surface area contributed by atoms with Crippen molar-refractivity contribution in [2.24, 2.45) is 23.5 Å². The Morgan fingerprint density at radius 1 is 1.11 bits per heavy atom. The average molecular weight is 270 g/mol. The molecule has 2 N–H and O–H groups in total. The maximum Gasteiger partial charge on any atom is 0.222 e. The Kier molecular flexibility index (Phi) is 9.07. The normalized spacial score (nSPS) is 14.8. The molecule has 114 valence electrons. The van der Waals surface area contributed by atoms with Crippen molar-refractivity contribution in [1.29, 1.82) is 0 Å². The van der Waals surface area contributed by atoms with Crippen LogP contribution in [-0.4, -0.2) is 30.4 Å². The highest BCUT2D eigenvalue weighted by Crippen LogP contribution is 2.21. The molecule has 2 unspecified atom stereocenters. The molecule has 0 bridgehead atoms. The first-order chi connectivity index (χ1) is 8.79. The van der Waals surface area contributed by atoms with Crippen molar-refractivity contribution in [2.45, 2.75) is 66.3 Å². The fourth-order valence-corrected chi connectivity index (χ4v) is 2.60. The third-order valence-corrected chi connectivity index (χ3v) is 4.08. The predicted octanol–water partition coefficient (Wildman–Crippen LogP) is 3.28. The minimum atomic E-state index is 0.274.